The highest BCUT2D eigenvalue weighted by Gasteiger charge is 2.36. The van der Waals surface area contributed by atoms with Crippen molar-refractivity contribution in [2.24, 2.45) is 0 Å². The van der Waals surface area contributed by atoms with E-state index in [2.05, 4.69) is 38.8 Å². The monoisotopic (exact) mass is 378 g/mol. The molecule has 0 aliphatic carbocycles. The Morgan fingerprint density at radius 2 is 1.88 bits per heavy atom. The van der Waals surface area contributed by atoms with Gasteiger partial charge in [-0.25, -0.2) is 4.98 Å². The lowest BCUT2D eigenvalue weighted by Crippen LogP contribution is -2.41. The first-order valence-electron chi connectivity index (χ1n) is 9.06. The van der Waals surface area contributed by atoms with Crippen molar-refractivity contribution in [2.45, 2.75) is 52.2 Å². The van der Waals surface area contributed by atoms with Crippen LogP contribution >= 0.6 is 0 Å². The number of rotatable bonds is 9. The van der Waals surface area contributed by atoms with Crippen LogP contribution in [0.25, 0.3) is 5.57 Å². The Kier molecular flexibility index (Phi) is 8.03. The second-order valence-electron chi connectivity index (χ2n) is 8.26. The van der Waals surface area contributed by atoms with Gasteiger partial charge in [-0.05, 0) is 31.1 Å². The minimum absolute atomic E-state index is 0.0111. The Bertz CT molecular complexity index is 617. The molecule has 0 unspecified atom stereocenters. The minimum atomic E-state index is -1.69. The molecular formula is C20H34N2O3Si. The van der Waals surface area contributed by atoms with Crippen molar-refractivity contribution >= 4 is 19.7 Å². The van der Waals surface area contributed by atoms with Crippen LogP contribution in [-0.2, 0) is 9.22 Å². The molecule has 146 valence electrons. The number of carbonyl (C=O) groups is 1. The molecule has 0 aromatic carbocycles. The second kappa shape index (κ2) is 9.32. The maximum atomic E-state index is 11.8. The highest BCUT2D eigenvalue weighted by atomic mass is 28.4. The molecule has 0 saturated heterocycles. The number of Topliss-reactive ketones (excluding diaryl/α,β-unsaturated/α-hetero) is 1. The van der Waals surface area contributed by atoms with Crippen LogP contribution in [-0.4, -0.2) is 51.3 Å². The van der Waals surface area contributed by atoms with Crippen LogP contribution in [0.2, 0.25) is 18.1 Å². The Labute approximate surface area is 159 Å². The lowest BCUT2D eigenvalue weighted by Gasteiger charge is -2.36. The van der Waals surface area contributed by atoms with Gasteiger partial charge in [-0.15, -0.1) is 0 Å². The zero-order valence-corrected chi connectivity index (χ0v) is 18.5. The molecule has 0 atom stereocenters. The number of ether oxygens (including phenoxy) is 1. The van der Waals surface area contributed by atoms with E-state index in [9.17, 15) is 4.79 Å². The largest absolute Gasteiger partial charge is 0.478 e. The van der Waals surface area contributed by atoms with E-state index in [1.54, 1.807) is 25.4 Å². The molecule has 1 aromatic rings. The predicted molar refractivity (Wildman–Crippen MR) is 110 cm³/mol. The maximum Gasteiger partial charge on any atom is 0.213 e. The van der Waals surface area contributed by atoms with E-state index in [0.29, 0.717) is 24.7 Å². The Balaban J connectivity index is 2.52. The summed E-state index contributed by atoms with van der Waals surface area (Å²) in [6.45, 7) is 14.0. The molecule has 26 heavy (non-hydrogen) atoms. The topological polar surface area (TPSA) is 51.7 Å². The van der Waals surface area contributed by atoms with Crippen molar-refractivity contribution in [3.8, 4) is 5.88 Å². The molecule has 0 bridgehead atoms. The molecule has 0 aliphatic rings. The number of hydrogen-bond acceptors (Lipinski definition) is 5. The van der Waals surface area contributed by atoms with Crippen LogP contribution in [0.5, 0.6) is 5.88 Å². The predicted octanol–water partition coefficient (Wildman–Crippen LogP) is 4.36. The van der Waals surface area contributed by atoms with E-state index in [0.717, 1.165) is 12.0 Å². The molecule has 0 saturated carbocycles. The van der Waals surface area contributed by atoms with Crippen molar-refractivity contribution in [3.63, 3.8) is 0 Å². The van der Waals surface area contributed by atoms with Crippen molar-refractivity contribution in [1.29, 1.82) is 0 Å². The zero-order chi connectivity index (χ0) is 20.0. The van der Waals surface area contributed by atoms with Gasteiger partial charge < -0.3 is 14.1 Å². The van der Waals surface area contributed by atoms with Gasteiger partial charge in [0.15, 0.2) is 14.1 Å². The summed E-state index contributed by atoms with van der Waals surface area (Å²) < 4.78 is 11.8. The van der Waals surface area contributed by atoms with E-state index in [1.807, 2.05) is 25.1 Å². The number of pyridine rings is 1. The van der Waals surface area contributed by atoms with E-state index in [1.165, 1.54) is 0 Å². The summed E-state index contributed by atoms with van der Waals surface area (Å²) in [4.78, 5) is 18.0. The van der Waals surface area contributed by atoms with Crippen molar-refractivity contribution in [2.75, 3.05) is 27.3 Å². The van der Waals surface area contributed by atoms with E-state index < -0.39 is 8.32 Å². The van der Waals surface area contributed by atoms with Gasteiger partial charge in [0.1, 0.15) is 0 Å². The summed E-state index contributed by atoms with van der Waals surface area (Å²) in [7, 11) is 2.09. The van der Waals surface area contributed by atoms with Crippen molar-refractivity contribution in [1.82, 2.24) is 9.88 Å². The average molecular weight is 379 g/mol. The van der Waals surface area contributed by atoms with Crippen LogP contribution in [0.3, 0.4) is 0 Å². The van der Waals surface area contributed by atoms with Gasteiger partial charge >= 0.3 is 0 Å². The quantitative estimate of drug-likeness (QED) is 0.363. The maximum absolute atomic E-state index is 11.8. The molecular weight excluding hydrogens is 344 g/mol. The van der Waals surface area contributed by atoms with Crippen molar-refractivity contribution < 1.29 is 14.0 Å². The summed E-state index contributed by atoms with van der Waals surface area (Å²) in [6.07, 6.45) is 4.31. The minimum Gasteiger partial charge on any atom is -0.478 e. The number of nitrogens with zero attached hydrogens (tertiary/aromatic N) is 2. The summed E-state index contributed by atoms with van der Waals surface area (Å²) in [6, 6.07) is 3.67. The number of ketones is 1. The SMILES string of the molecule is CC(=O)C(=CN(C)C)c1ccc(OCCCO[Si](C)(C)C(C)(C)C)nc1. The summed E-state index contributed by atoms with van der Waals surface area (Å²) in [5.74, 6) is 0.575. The molecule has 0 aliphatic heterocycles. The normalized spacial score (nSPS) is 12.8. The zero-order valence-electron chi connectivity index (χ0n) is 17.5. The number of allylic oxidation sites excluding steroid dienone is 1. The standard InChI is InChI=1S/C20H34N2O3Si/c1-16(23)18(15-22(5)6)17-10-11-19(21-14-17)24-12-9-13-25-26(7,8)20(2,3)4/h10-11,14-15H,9,12-13H2,1-8H3. The summed E-state index contributed by atoms with van der Waals surface area (Å²) in [5, 5.41) is 0.222. The third-order valence-corrected chi connectivity index (χ3v) is 9.16. The molecule has 1 heterocycles. The van der Waals surface area contributed by atoms with Crippen LogP contribution in [0, 0.1) is 0 Å². The van der Waals surface area contributed by atoms with Gasteiger partial charge in [-0.3, -0.25) is 4.79 Å². The van der Waals surface area contributed by atoms with E-state index in [-0.39, 0.29) is 10.8 Å². The summed E-state index contributed by atoms with van der Waals surface area (Å²) >= 11 is 0. The van der Waals surface area contributed by atoms with Crippen LogP contribution in [0.4, 0.5) is 0 Å². The lowest BCUT2D eigenvalue weighted by atomic mass is 10.1. The number of aromatic nitrogens is 1. The van der Waals surface area contributed by atoms with Gasteiger partial charge in [0.05, 0.1) is 6.61 Å². The van der Waals surface area contributed by atoms with Gasteiger partial charge in [0.2, 0.25) is 5.88 Å². The Hall–Kier alpha value is -1.66. The Morgan fingerprint density at radius 1 is 1.23 bits per heavy atom. The molecule has 1 rings (SSSR count). The first-order valence-corrected chi connectivity index (χ1v) is 12.0. The average Bonchev–Trinajstić information content (AvgIpc) is 2.51. The smallest absolute Gasteiger partial charge is 0.213 e. The third kappa shape index (κ3) is 6.92. The fourth-order valence-electron chi connectivity index (χ4n) is 2.03. The fourth-order valence-corrected chi connectivity index (χ4v) is 3.12. The number of carbonyl (C=O) groups excluding carboxylic acids is 1. The molecule has 6 heteroatoms. The van der Waals surface area contributed by atoms with E-state index >= 15 is 0 Å². The van der Waals surface area contributed by atoms with Gasteiger partial charge in [-0.1, -0.05) is 20.8 Å². The molecule has 0 spiro atoms. The Morgan fingerprint density at radius 3 is 2.35 bits per heavy atom. The molecule has 0 N–H and O–H groups in total. The van der Waals surface area contributed by atoms with Gasteiger partial charge in [-0.2, -0.15) is 0 Å². The van der Waals surface area contributed by atoms with Gasteiger partial charge in [0.25, 0.3) is 0 Å². The highest BCUT2D eigenvalue weighted by molar-refractivity contribution is 6.74. The fraction of sp³-hybridized carbons (Fsp3) is 0.600. The lowest BCUT2D eigenvalue weighted by molar-refractivity contribution is -0.111. The second-order valence-corrected chi connectivity index (χ2v) is 13.1. The first-order chi connectivity index (χ1) is 11.9. The van der Waals surface area contributed by atoms with E-state index in [4.69, 9.17) is 9.16 Å². The van der Waals surface area contributed by atoms with Crippen LogP contribution in [0.15, 0.2) is 24.5 Å². The van der Waals surface area contributed by atoms with Crippen LogP contribution in [0.1, 0.15) is 39.7 Å². The van der Waals surface area contributed by atoms with Crippen LogP contribution < -0.4 is 4.74 Å². The molecule has 0 radical (unpaired) electrons. The van der Waals surface area contributed by atoms with Crippen molar-refractivity contribution in [3.05, 3.63) is 30.1 Å². The first kappa shape index (κ1) is 22.4. The highest BCUT2D eigenvalue weighted by Crippen LogP contribution is 2.36. The molecule has 1 aromatic heterocycles. The molecule has 5 nitrogen and oxygen atoms in total. The molecule has 0 fully saturated rings. The molecule has 0 amide bonds. The third-order valence-electron chi connectivity index (χ3n) is 4.62. The summed E-state index contributed by atoms with van der Waals surface area (Å²) in [5.41, 5.74) is 1.43. The number of hydrogen-bond donors (Lipinski definition) is 0. The van der Waals surface area contributed by atoms with Gasteiger partial charge in [0, 0.05) is 56.7 Å².